The van der Waals surface area contributed by atoms with Crippen molar-refractivity contribution in [3.63, 3.8) is 0 Å². The molecule has 0 radical (unpaired) electrons. The van der Waals surface area contributed by atoms with Gasteiger partial charge in [0.05, 0.1) is 13.2 Å². The van der Waals surface area contributed by atoms with Crippen LogP contribution in [0.15, 0.2) is 6.07 Å². The summed E-state index contributed by atoms with van der Waals surface area (Å²) >= 11 is 0. The van der Waals surface area contributed by atoms with E-state index in [0.29, 0.717) is 19.6 Å². The SMILES string of the molecule is Nc1c(O)c(C(=O)O)cc2c1OCCCO2. The van der Waals surface area contributed by atoms with Gasteiger partial charge in [0, 0.05) is 12.5 Å². The molecule has 6 heteroatoms. The zero-order valence-electron chi connectivity index (χ0n) is 8.40. The Morgan fingerprint density at radius 3 is 2.75 bits per heavy atom. The number of benzene rings is 1. The van der Waals surface area contributed by atoms with Crippen molar-refractivity contribution in [2.45, 2.75) is 6.42 Å². The fraction of sp³-hybridized carbons (Fsp3) is 0.300. The van der Waals surface area contributed by atoms with E-state index < -0.39 is 11.7 Å². The van der Waals surface area contributed by atoms with Crippen LogP contribution in [-0.2, 0) is 0 Å². The molecule has 0 bridgehead atoms. The molecule has 1 aliphatic heterocycles. The Hall–Kier alpha value is -2.11. The molecule has 4 N–H and O–H groups in total. The van der Waals surface area contributed by atoms with Crippen molar-refractivity contribution in [2.24, 2.45) is 0 Å². The minimum Gasteiger partial charge on any atom is -0.505 e. The topological polar surface area (TPSA) is 102 Å². The first-order valence-corrected chi connectivity index (χ1v) is 4.75. The highest BCUT2D eigenvalue weighted by Crippen LogP contribution is 2.43. The van der Waals surface area contributed by atoms with Crippen LogP contribution < -0.4 is 15.2 Å². The first-order valence-electron chi connectivity index (χ1n) is 4.75. The van der Waals surface area contributed by atoms with E-state index in [2.05, 4.69) is 0 Å². The summed E-state index contributed by atoms with van der Waals surface area (Å²) in [6.07, 6.45) is 0.678. The predicted molar refractivity (Wildman–Crippen MR) is 55.1 cm³/mol. The number of nitrogen functional groups attached to an aromatic ring is 1. The Morgan fingerprint density at radius 1 is 1.38 bits per heavy atom. The largest absolute Gasteiger partial charge is 0.505 e. The number of carboxylic acids is 1. The van der Waals surface area contributed by atoms with Gasteiger partial charge in [0.25, 0.3) is 0 Å². The van der Waals surface area contributed by atoms with Gasteiger partial charge >= 0.3 is 5.97 Å². The van der Waals surface area contributed by atoms with Crippen molar-refractivity contribution in [3.8, 4) is 17.2 Å². The van der Waals surface area contributed by atoms with Crippen LogP contribution in [0.25, 0.3) is 0 Å². The first kappa shape index (κ1) is 10.4. The summed E-state index contributed by atoms with van der Waals surface area (Å²) in [5.74, 6) is -1.29. The van der Waals surface area contributed by atoms with Crippen molar-refractivity contribution >= 4 is 11.7 Å². The number of anilines is 1. The molecule has 0 aliphatic carbocycles. The van der Waals surface area contributed by atoms with Gasteiger partial charge in [0.2, 0.25) is 0 Å². The molecule has 1 aromatic rings. The van der Waals surface area contributed by atoms with Crippen molar-refractivity contribution in [3.05, 3.63) is 11.6 Å². The molecule has 1 aliphatic rings. The van der Waals surface area contributed by atoms with Crippen LogP contribution in [0.3, 0.4) is 0 Å². The van der Waals surface area contributed by atoms with Gasteiger partial charge in [0.1, 0.15) is 11.3 Å². The maximum absolute atomic E-state index is 10.8. The molecule has 0 fully saturated rings. The quantitative estimate of drug-likeness (QED) is 0.483. The fourth-order valence-corrected chi connectivity index (χ4v) is 1.48. The van der Waals surface area contributed by atoms with E-state index in [1.807, 2.05) is 0 Å². The van der Waals surface area contributed by atoms with Crippen molar-refractivity contribution in [1.29, 1.82) is 0 Å². The molecule has 0 saturated carbocycles. The minimum absolute atomic E-state index is 0.100. The zero-order chi connectivity index (χ0) is 11.7. The Labute approximate surface area is 91.2 Å². The second-order valence-electron chi connectivity index (χ2n) is 3.37. The van der Waals surface area contributed by atoms with Gasteiger partial charge < -0.3 is 25.4 Å². The molecule has 0 amide bonds. The molecule has 6 nitrogen and oxygen atoms in total. The highest BCUT2D eigenvalue weighted by molar-refractivity contribution is 5.95. The number of hydrogen-bond acceptors (Lipinski definition) is 5. The molecule has 16 heavy (non-hydrogen) atoms. The van der Waals surface area contributed by atoms with Crippen LogP contribution in [0.4, 0.5) is 5.69 Å². The van der Waals surface area contributed by atoms with Crippen molar-refractivity contribution < 1.29 is 24.5 Å². The lowest BCUT2D eigenvalue weighted by molar-refractivity contribution is 0.0693. The highest BCUT2D eigenvalue weighted by Gasteiger charge is 2.23. The van der Waals surface area contributed by atoms with Gasteiger partial charge in [-0.25, -0.2) is 4.79 Å². The maximum atomic E-state index is 10.8. The molecule has 0 aromatic heterocycles. The van der Waals surface area contributed by atoms with Crippen molar-refractivity contribution in [2.75, 3.05) is 18.9 Å². The predicted octanol–water partition coefficient (Wildman–Crippen LogP) is 0.834. The summed E-state index contributed by atoms with van der Waals surface area (Å²) in [5.41, 5.74) is 5.20. The summed E-state index contributed by atoms with van der Waals surface area (Å²) in [4.78, 5) is 10.8. The molecule has 0 atom stereocenters. The van der Waals surface area contributed by atoms with Crippen LogP contribution in [0, 0.1) is 0 Å². The van der Waals surface area contributed by atoms with Gasteiger partial charge in [-0.15, -0.1) is 0 Å². The fourth-order valence-electron chi connectivity index (χ4n) is 1.48. The molecule has 0 saturated heterocycles. The van der Waals surface area contributed by atoms with E-state index in [4.69, 9.17) is 20.3 Å². The third kappa shape index (κ3) is 1.58. The molecule has 86 valence electrons. The molecule has 0 unspecified atom stereocenters. The third-order valence-electron chi connectivity index (χ3n) is 2.28. The van der Waals surface area contributed by atoms with Crippen LogP contribution in [0.1, 0.15) is 16.8 Å². The normalized spacial score (nSPS) is 14.2. The summed E-state index contributed by atoms with van der Waals surface area (Å²) in [7, 11) is 0. The lowest BCUT2D eigenvalue weighted by Gasteiger charge is -2.12. The van der Waals surface area contributed by atoms with E-state index in [1.165, 1.54) is 6.07 Å². The number of carbonyl (C=O) groups is 1. The Morgan fingerprint density at radius 2 is 2.06 bits per heavy atom. The number of phenols is 1. The minimum atomic E-state index is -1.26. The second-order valence-corrected chi connectivity index (χ2v) is 3.37. The van der Waals surface area contributed by atoms with Gasteiger partial charge in [-0.2, -0.15) is 0 Å². The lowest BCUT2D eigenvalue weighted by Crippen LogP contribution is -2.03. The number of aromatic carboxylic acids is 1. The first-order chi connectivity index (χ1) is 7.61. The van der Waals surface area contributed by atoms with Crippen LogP contribution in [0.2, 0.25) is 0 Å². The Balaban J connectivity index is 2.59. The number of aromatic hydroxyl groups is 1. The second kappa shape index (κ2) is 3.80. The van der Waals surface area contributed by atoms with Crippen LogP contribution in [0.5, 0.6) is 17.2 Å². The van der Waals surface area contributed by atoms with E-state index in [1.54, 1.807) is 0 Å². The molecular formula is C10H11NO5. The van der Waals surface area contributed by atoms with E-state index in [-0.39, 0.29) is 22.7 Å². The molecular weight excluding hydrogens is 214 g/mol. The number of ether oxygens (including phenoxy) is 2. The smallest absolute Gasteiger partial charge is 0.339 e. The molecule has 0 spiro atoms. The number of rotatable bonds is 1. The summed E-state index contributed by atoms with van der Waals surface area (Å²) in [6.45, 7) is 0.847. The Bertz CT molecular complexity index is 443. The zero-order valence-corrected chi connectivity index (χ0v) is 8.40. The maximum Gasteiger partial charge on any atom is 0.339 e. The third-order valence-corrected chi connectivity index (χ3v) is 2.28. The van der Waals surface area contributed by atoms with Gasteiger partial charge in [-0.05, 0) is 0 Å². The number of nitrogens with two attached hydrogens (primary N) is 1. The van der Waals surface area contributed by atoms with E-state index in [0.717, 1.165) is 0 Å². The number of hydrogen-bond donors (Lipinski definition) is 3. The van der Waals surface area contributed by atoms with Gasteiger partial charge in [-0.1, -0.05) is 0 Å². The van der Waals surface area contributed by atoms with Crippen LogP contribution >= 0.6 is 0 Å². The van der Waals surface area contributed by atoms with Crippen molar-refractivity contribution in [1.82, 2.24) is 0 Å². The molecule has 1 aromatic carbocycles. The number of fused-ring (bicyclic) bond motifs is 1. The standard InChI is InChI=1S/C10H11NO5/c11-7-8(12)5(10(13)14)4-6-9(7)16-3-1-2-15-6/h4,12H,1-3,11H2,(H,13,14). The lowest BCUT2D eigenvalue weighted by atomic mass is 10.1. The Kier molecular flexibility index (Phi) is 2.47. The average Bonchev–Trinajstić information content (AvgIpc) is 2.48. The average molecular weight is 225 g/mol. The van der Waals surface area contributed by atoms with E-state index in [9.17, 15) is 9.90 Å². The summed E-state index contributed by atoms with van der Waals surface area (Å²) < 4.78 is 10.6. The van der Waals surface area contributed by atoms with Gasteiger partial charge in [-0.3, -0.25) is 0 Å². The summed E-state index contributed by atoms with van der Waals surface area (Å²) in [6, 6.07) is 1.22. The van der Waals surface area contributed by atoms with Gasteiger partial charge in [0.15, 0.2) is 17.2 Å². The monoisotopic (exact) mass is 225 g/mol. The summed E-state index contributed by atoms with van der Waals surface area (Å²) in [5, 5.41) is 18.4. The molecule has 2 rings (SSSR count). The van der Waals surface area contributed by atoms with Crippen LogP contribution in [-0.4, -0.2) is 29.4 Å². The molecule has 1 heterocycles. The van der Waals surface area contributed by atoms with E-state index >= 15 is 0 Å². The highest BCUT2D eigenvalue weighted by atomic mass is 16.5. The number of carboxylic acid groups (broad SMARTS) is 1.